The van der Waals surface area contributed by atoms with Crippen molar-refractivity contribution in [3.05, 3.63) is 40.2 Å². The number of benzene rings is 1. The Hall–Kier alpha value is -3.93. The number of hydrogen-bond donors (Lipinski definition) is 7. The summed E-state index contributed by atoms with van der Waals surface area (Å²) in [6.07, 6.45) is 2.20. The number of para-hydroxylation sites is 1. The SMILES string of the molecule is Cc1c(NC(=O)[C@H](CCCNC(=N)N)NC(=O)CNC(=O)[C@@H]2CCCN2)c(=O)oc2ccccc12. The number of fused-ring (bicyclic) bond motifs is 1. The van der Waals surface area contributed by atoms with E-state index in [2.05, 4.69) is 26.6 Å². The second kappa shape index (κ2) is 12.0. The molecule has 1 saturated heterocycles. The van der Waals surface area contributed by atoms with Crippen LogP contribution in [0.5, 0.6) is 0 Å². The van der Waals surface area contributed by atoms with Crippen molar-refractivity contribution in [1.29, 1.82) is 5.41 Å². The molecule has 0 bridgehead atoms. The molecule has 2 heterocycles. The van der Waals surface area contributed by atoms with Crippen LogP contribution in [0.25, 0.3) is 11.0 Å². The van der Waals surface area contributed by atoms with E-state index < -0.39 is 23.5 Å². The van der Waals surface area contributed by atoms with E-state index in [0.717, 1.165) is 13.0 Å². The third-order valence-corrected chi connectivity index (χ3v) is 5.76. The highest BCUT2D eigenvalue weighted by atomic mass is 16.4. The van der Waals surface area contributed by atoms with E-state index in [4.69, 9.17) is 15.6 Å². The Kier molecular flexibility index (Phi) is 8.79. The highest BCUT2D eigenvalue weighted by molar-refractivity contribution is 5.99. The van der Waals surface area contributed by atoms with Crippen LogP contribution in [0.1, 0.15) is 31.2 Å². The summed E-state index contributed by atoms with van der Waals surface area (Å²) in [5.74, 6) is -1.62. The zero-order valence-electron chi connectivity index (χ0n) is 19.5. The standard InChI is InChI=1S/C23H31N7O5/c1-13-14-6-2-3-9-17(14)35-22(34)19(13)30-21(33)16(8-5-11-27-23(24)25)29-18(31)12-28-20(32)15-7-4-10-26-15/h2-3,6,9,15-16,26H,4-5,7-8,10-12H2,1H3,(H,28,32)(H,29,31)(H,30,33)(H4,24,25,27)/t15-,16-/m0/s1. The van der Waals surface area contributed by atoms with Crippen LogP contribution < -0.4 is 37.9 Å². The van der Waals surface area contributed by atoms with Gasteiger partial charge < -0.3 is 36.7 Å². The molecule has 0 spiro atoms. The molecule has 1 aromatic carbocycles. The van der Waals surface area contributed by atoms with Gasteiger partial charge in [0.1, 0.15) is 17.3 Å². The van der Waals surface area contributed by atoms with E-state index in [9.17, 15) is 19.2 Å². The smallest absolute Gasteiger partial charge is 0.360 e. The maximum absolute atomic E-state index is 13.1. The van der Waals surface area contributed by atoms with E-state index in [1.165, 1.54) is 0 Å². The predicted octanol–water partition coefficient (Wildman–Crippen LogP) is -0.344. The monoisotopic (exact) mass is 485 g/mol. The molecule has 12 nitrogen and oxygen atoms in total. The van der Waals surface area contributed by atoms with Crippen LogP contribution in [0.15, 0.2) is 33.5 Å². The normalized spacial score (nSPS) is 15.9. The van der Waals surface area contributed by atoms with Gasteiger partial charge in [-0.2, -0.15) is 0 Å². The highest BCUT2D eigenvalue weighted by Crippen LogP contribution is 2.22. The molecule has 3 rings (SSSR count). The molecule has 1 aliphatic heterocycles. The summed E-state index contributed by atoms with van der Waals surface area (Å²) in [5, 5.41) is 21.4. The maximum Gasteiger partial charge on any atom is 0.360 e. The Bertz CT molecular complexity index is 1160. The fourth-order valence-electron chi connectivity index (χ4n) is 3.90. The van der Waals surface area contributed by atoms with E-state index in [1.807, 2.05) is 0 Å². The van der Waals surface area contributed by atoms with Gasteiger partial charge in [-0.3, -0.25) is 19.8 Å². The summed E-state index contributed by atoms with van der Waals surface area (Å²) in [5.41, 5.74) is 5.53. The molecule has 3 amide bonds. The number of rotatable bonds is 10. The molecule has 1 fully saturated rings. The number of nitrogens with one attached hydrogen (secondary N) is 6. The van der Waals surface area contributed by atoms with Crippen LogP contribution in [-0.4, -0.2) is 55.4 Å². The molecule has 0 aliphatic carbocycles. The van der Waals surface area contributed by atoms with Crippen LogP contribution in [0.2, 0.25) is 0 Å². The Morgan fingerprint density at radius 3 is 2.74 bits per heavy atom. The van der Waals surface area contributed by atoms with Gasteiger partial charge in [-0.05, 0) is 50.8 Å². The quantitative estimate of drug-likeness (QED) is 0.103. The summed E-state index contributed by atoms with van der Waals surface area (Å²) in [4.78, 5) is 50.2. The minimum atomic E-state index is -0.997. The van der Waals surface area contributed by atoms with E-state index in [-0.39, 0.29) is 36.6 Å². The highest BCUT2D eigenvalue weighted by Gasteiger charge is 2.25. The maximum atomic E-state index is 13.1. The van der Waals surface area contributed by atoms with Crippen molar-refractivity contribution >= 4 is 40.3 Å². The molecule has 8 N–H and O–H groups in total. The Morgan fingerprint density at radius 1 is 1.26 bits per heavy atom. The number of carbonyl (C=O) groups is 3. The molecule has 12 heteroatoms. The van der Waals surface area contributed by atoms with Crippen molar-refractivity contribution in [1.82, 2.24) is 21.3 Å². The van der Waals surface area contributed by atoms with Crippen molar-refractivity contribution in [2.75, 3.05) is 25.0 Å². The van der Waals surface area contributed by atoms with Crippen molar-refractivity contribution < 1.29 is 18.8 Å². The van der Waals surface area contributed by atoms with Gasteiger partial charge in [0.05, 0.1) is 12.6 Å². The van der Waals surface area contributed by atoms with E-state index in [1.54, 1.807) is 31.2 Å². The Labute approximate surface area is 201 Å². The average Bonchev–Trinajstić information content (AvgIpc) is 3.37. The number of carbonyl (C=O) groups excluding carboxylic acids is 3. The van der Waals surface area contributed by atoms with E-state index >= 15 is 0 Å². The van der Waals surface area contributed by atoms with Gasteiger partial charge in [0, 0.05) is 11.9 Å². The molecule has 0 saturated carbocycles. The van der Waals surface area contributed by atoms with E-state index in [0.29, 0.717) is 35.9 Å². The summed E-state index contributed by atoms with van der Waals surface area (Å²) in [7, 11) is 0. The third kappa shape index (κ3) is 7.03. The van der Waals surface area contributed by atoms with Crippen molar-refractivity contribution in [2.45, 2.75) is 44.7 Å². The van der Waals surface area contributed by atoms with Gasteiger partial charge in [0.25, 0.3) is 0 Å². The Balaban J connectivity index is 1.68. The molecule has 2 aromatic rings. The summed E-state index contributed by atoms with van der Waals surface area (Å²) in [6, 6.07) is 5.65. The number of guanidine groups is 1. The fraction of sp³-hybridized carbons (Fsp3) is 0.435. The van der Waals surface area contributed by atoms with Crippen molar-refractivity contribution in [3.63, 3.8) is 0 Å². The number of nitrogens with two attached hydrogens (primary N) is 1. The summed E-state index contributed by atoms with van der Waals surface area (Å²) >= 11 is 0. The first-order valence-corrected chi connectivity index (χ1v) is 11.5. The first-order valence-electron chi connectivity index (χ1n) is 11.5. The van der Waals surface area contributed by atoms with Crippen LogP contribution in [-0.2, 0) is 14.4 Å². The zero-order valence-corrected chi connectivity index (χ0v) is 19.5. The van der Waals surface area contributed by atoms with Crippen LogP contribution >= 0.6 is 0 Å². The summed E-state index contributed by atoms with van der Waals surface area (Å²) < 4.78 is 5.32. The van der Waals surface area contributed by atoms with Crippen LogP contribution in [0.3, 0.4) is 0 Å². The third-order valence-electron chi connectivity index (χ3n) is 5.76. The molecule has 2 atom stereocenters. The van der Waals surface area contributed by atoms with Crippen LogP contribution in [0.4, 0.5) is 5.69 Å². The number of hydrogen-bond acceptors (Lipinski definition) is 7. The lowest BCUT2D eigenvalue weighted by Gasteiger charge is -2.20. The molecule has 1 aromatic heterocycles. The lowest BCUT2D eigenvalue weighted by atomic mass is 10.1. The van der Waals surface area contributed by atoms with Crippen molar-refractivity contribution in [2.24, 2.45) is 5.73 Å². The molecule has 35 heavy (non-hydrogen) atoms. The fourth-order valence-corrected chi connectivity index (χ4v) is 3.90. The molecule has 0 unspecified atom stereocenters. The molecule has 188 valence electrons. The molecular formula is C23H31N7O5. The number of anilines is 1. The molecular weight excluding hydrogens is 454 g/mol. The topological polar surface area (TPSA) is 191 Å². The first-order chi connectivity index (χ1) is 16.8. The van der Waals surface area contributed by atoms with Crippen LogP contribution in [0, 0.1) is 12.3 Å². The minimum Gasteiger partial charge on any atom is -0.421 e. The largest absolute Gasteiger partial charge is 0.421 e. The lowest BCUT2D eigenvalue weighted by Crippen LogP contribution is -2.50. The predicted molar refractivity (Wildman–Crippen MR) is 131 cm³/mol. The van der Waals surface area contributed by atoms with Gasteiger partial charge >= 0.3 is 5.63 Å². The van der Waals surface area contributed by atoms with Gasteiger partial charge in [0.2, 0.25) is 17.7 Å². The van der Waals surface area contributed by atoms with Gasteiger partial charge in [-0.1, -0.05) is 18.2 Å². The number of aryl methyl sites for hydroxylation is 1. The molecule has 1 aliphatic rings. The Morgan fingerprint density at radius 2 is 2.03 bits per heavy atom. The minimum absolute atomic E-state index is 0.00424. The summed E-state index contributed by atoms with van der Waals surface area (Å²) in [6.45, 7) is 2.48. The van der Waals surface area contributed by atoms with Gasteiger partial charge in [0.15, 0.2) is 5.96 Å². The molecule has 0 radical (unpaired) electrons. The van der Waals surface area contributed by atoms with Gasteiger partial charge in [-0.15, -0.1) is 0 Å². The first kappa shape index (κ1) is 25.7. The second-order valence-electron chi connectivity index (χ2n) is 8.34. The van der Waals surface area contributed by atoms with Crippen molar-refractivity contribution in [3.8, 4) is 0 Å². The zero-order chi connectivity index (χ0) is 25.4. The lowest BCUT2D eigenvalue weighted by molar-refractivity contribution is -0.128. The van der Waals surface area contributed by atoms with Gasteiger partial charge in [-0.25, -0.2) is 4.79 Å². The average molecular weight is 486 g/mol. The number of amides is 3. The second-order valence-corrected chi connectivity index (χ2v) is 8.34.